The molecule has 0 fully saturated rings. The highest BCUT2D eigenvalue weighted by molar-refractivity contribution is 5.84. The SMILES string of the molecule is CCC(C)(C)C(=O)C[C@@H]1CC=C(C)C1(C)C. The van der Waals surface area contributed by atoms with Gasteiger partial charge < -0.3 is 0 Å². The number of rotatable bonds is 4. The zero-order valence-corrected chi connectivity index (χ0v) is 11.7. The Morgan fingerprint density at radius 2 is 2.06 bits per heavy atom. The molecular formula is C15H26O. The number of carbonyl (C=O) groups excluding carboxylic acids is 1. The van der Waals surface area contributed by atoms with Crippen LogP contribution in [0.4, 0.5) is 0 Å². The lowest BCUT2D eigenvalue weighted by atomic mass is 9.72. The molecule has 0 radical (unpaired) electrons. The molecule has 1 aliphatic rings. The van der Waals surface area contributed by atoms with Crippen molar-refractivity contribution < 1.29 is 4.79 Å². The van der Waals surface area contributed by atoms with Crippen molar-refractivity contribution in [2.75, 3.05) is 0 Å². The summed E-state index contributed by atoms with van der Waals surface area (Å²) in [4.78, 5) is 12.2. The molecule has 1 heteroatoms. The summed E-state index contributed by atoms with van der Waals surface area (Å²) in [6.07, 6.45) is 5.05. The van der Waals surface area contributed by atoms with E-state index in [-0.39, 0.29) is 10.8 Å². The number of allylic oxidation sites excluding steroid dienone is 2. The average Bonchev–Trinajstić information content (AvgIpc) is 2.44. The topological polar surface area (TPSA) is 17.1 Å². The molecule has 0 saturated heterocycles. The van der Waals surface area contributed by atoms with E-state index in [0.717, 1.165) is 19.3 Å². The molecule has 0 spiro atoms. The van der Waals surface area contributed by atoms with Crippen molar-refractivity contribution >= 4 is 5.78 Å². The fraction of sp³-hybridized carbons (Fsp3) is 0.800. The highest BCUT2D eigenvalue weighted by Gasteiger charge is 2.38. The molecule has 16 heavy (non-hydrogen) atoms. The van der Waals surface area contributed by atoms with E-state index in [1.165, 1.54) is 5.57 Å². The lowest BCUT2D eigenvalue weighted by Crippen LogP contribution is -2.30. The zero-order valence-electron chi connectivity index (χ0n) is 11.7. The van der Waals surface area contributed by atoms with Crippen LogP contribution < -0.4 is 0 Å². The number of hydrogen-bond donors (Lipinski definition) is 0. The van der Waals surface area contributed by atoms with E-state index in [1.54, 1.807) is 0 Å². The van der Waals surface area contributed by atoms with Gasteiger partial charge in [-0.25, -0.2) is 0 Å². The summed E-state index contributed by atoms with van der Waals surface area (Å²) < 4.78 is 0. The summed E-state index contributed by atoms with van der Waals surface area (Å²) in [5.74, 6) is 0.932. The Bertz CT molecular complexity index is 307. The average molecular weight is 222 g/mol. The summed E-state index contributed by atoms with van der Waals surface area (Å²) in [6, 6.07) is 0. The van der Waals surface area contributed by atoms with Gasteiger partial charge in [-0.1, -0.05) is 46.3 Å². The van der Waals surface area contributed by atoms with Crippen molar-refractivity contribution in [1.29, 1.82) is 0 Å². The van der Waals surface area contributed by atoms with Gasteiger partial charge in [0.05, 0.1) is 0 Å². The minimum absolute atomic E-state index is 0.146. The molecular weight excluding hydrogens is 196 g/mol. The predicted molar refractivity (Wildman–Crippen MR) is 69.3 cm³/mol. The Morgan fingerprint density at radius 3 is 2.44 bits per heavy atom. The van der Waals surface area contributed by atoms with Gasteiger partial charge in [0.2, 0.25) is 0 Å². The largest absolute Gasteiger partial charge is 0.299 e. The molecule has 0 N–H and O–H groups in total. The van der Waals surface area contributed by atoms with E-state index in [0.29, 0.717) is 11.7 Å². The molecule has 0 heterocycles. The van der Waals surface area contributed by atoms with E-state index < -0.39 is 0 Å². The fourth-order valence-corrected chi connectivity index (χ4v) is 2.23. The van der Waals surface area contributed by atoms with Crippen LogP contribution in [0.1, 0.15) is 60.8 Å². The third-order valence-corrected chi connectivity index (χ3v) is 4.82. The lowest BCUT2D eigenvalue weighted by molar-refractivity contribution is -0.128. The maximum Gasteiger partial charge on any atom is 0.138 e. The van der Waals surface area contributed by atoms with Gasteiger partial charge >= 0.3 is 0 Å². The second kappa shape index (κ2) is 4.35. The highest BCUT2D eigenvalue weighted by atomic mass is 16.1. The van der Waals surface area contributed by atoms with Crippen LogP contribution in [-0.4, -0.2) is 5.78 Å². The van der Waals surface area contributed by atoms with Gasteiger partial charge in [0.1, 0.15) is 5.78 Å². The van der Waals surface area contributed by atoms with E-state index in [1.807, 2.05) is 0 Å². The molecule has 0 bridgehead atoms. The van der Waals surface area contributed by atoms with Crippen LogP contribution >= 0.6 is 0 Å². The third-order valence-electron chi connectivity index (χ3n) is 4.82. The quantitative estimate of drug-likeness (QED) is 0.645. The fourth-order valence-electron chi connectivity index (χ4n) is 2.23. The van der Waals surface area contributed by atoms with Crippen LogP contribution in [0.25, 0.3) is 0 Å². The van der Waals surface area contributed by atoms with Gasteiger partial charge in [-0.15, -0.1) is 0 Å². The van der Waals surface area contributed by atoms with Crippen molar-refractivity contribution in [2.24, 2.45) is 16.7 Å². The van der Waals surface area contributed by atoms with Crippen molar-refractivity contribution in [2.45, 2.75) is 60.8 Å². The van der Waals surface area contributed by atoms with E-state index in [2.05, 4.69) is 47.6 Å². The lowest BCUT2D eigenvalue weighted by Gasteiger charge is -2.32. The van der Waals surface area contributed by atoms with Crippen LogP contribution in [0.2, 0.25) is 0 Å². The zero-order chi connectivity index (χ0) is 12.6. The standard InChI is InChI=1S/C15H26O/c1-7-14(3,4)13(16)10-12-9-8-11(2)15(12,5)6/h8,12H,7,9-10H2,1-6H3/t12-/m0/s1. The van der Waals surface area contributed by atoms with Crippen LogP contribution in [0.15, 0.2) is 11.6 Å². The van der Waals surface area contributed by atoms with Gasteiger partial charge in [-0.2, -0.15) is 0 Å². The Hall–Kier alpha value is -0.590. The molecule has 1 nitrogen and oxygen atoms in total. The van der Waals surface area contributed by atoms with Gasteiger partial charge in [0.25, 0.3) is 0 Å². The summed E-state index contributed by atoms with van der Waals surface area (Å²) in [6.45, 7) is 13.0. The Morgan fingerprint density at radius 1 is 1.50 bits per heavy atom. The Balaban J connectivity index is 2.68. The van der Waals surface area contributed by atoms with Gasteiger partial charge in [0, 0.05) is 11.8 Å². The Labute approximate surface area is 100 Å². The highest BCUT2D eigenvalue weighted by Crippen LogP contribution is 2.45. The molecule has 0 aromatic heterocycles. The van der Waals surface area contributed by atoms with Crippen molar-refractivity contribution in [3.8, 4) is 0 Å². The Kier molecular flexibility index (Phi) is 3.66. The minimum atomic E-state index is -0.146. The van der Waals surface area contributed by atoms with E-state index in [9.17, 15) is 4.79 Å². The summed E-state index contributed by atoms with van der Waals surface area (Å²) in [5, 5.41) is 0. The van der Waals surface area contributed by atoms with E-state index >= 15 is 0 Å². The monoisotopic (exact) mass is 222 g/mol. The van der Waals surface area contributed by atoms with Crippen molar-refractivity contribution in [1.82, 2.24) is 0 Å². The van der Waals surface area contributed by atoms with Crippen molar-refractivity contribution in [3.63, 3.8) is 0 Å². The first kappa shape index (κ1) is 13.5. The van der Waals surface area contributed by atoms with Crippen LogP contribution in [0.5, 0.6) is 0 Å². The molecule has 0 aromatic carbocycles. The molecule has 0 saturated carbocycles. The van der Waals surface area contributed by atoms with Gasteiger partial charge in [0.15, 0.2) is 0 Å². The molecule has 0 amide bonds. The first-order chi connectivity index (χ1) is 7.21. The molecule has 0 unspecified atom stereocenters. The number of hydrogen-bond acceptors (Lipinski definition) is 1. The number of carbonyl (C=O) groups is 1. The molecule has 1 aliphatic carbocycles. The maximum atomic E-state index is 12.2. The van der Waals surface area contributed by atoms with E-state index in [4.69, 9.17) is 0 Å². The molecule has 0 aromatic rings. The normalized spacial score (nSPS) is 24.4. The number of ketones is 1. The maximum absolute atomic E-state index is 12.2. The number of Topliss-reactive ketones (excluding diaryl/α,β-unsaturated/α-hetero) is 1. The van der Waals surface area contributed by atoms with Gasteiger partial charge in [-0.3, -0.25) is 4.79 Å². The van der Waals surface area contributed by atoms with Crippen LogP contribution in [0, 0.1) is 16.7 Å². The van der Waals surface area contributed by atoms with Gasteiger partial charge in [-0.05, 0) is 31.1 Å². The molecule has 1 rings (SSSR count). The smallest absolute Gasteiger partial charge is 0.138 e. The predicted octanol–water partition coefficient (Wildman–Crippen LogP) is 4.37. The second-order valence-electron chi connectivity index (χ2n) is 6.41. The van der Waals surface area contributed by atoms with Crippen LogP contribution in [0.3, 0.4) is 0 Å². The van der Waals surface area contributed by atoms with Crippen molar-refractivity contribution in [3.05, 3.63) is 11.6 Å². The molecule has 0 aliphatic heterocycles. The summed E-state index contributed by atoms with van der Waals surface area (Å²) in [5.41, 5.74) is 1.51. The summed E-state index contributed by atoms with van der Waals surface area (Å²) >= 11 is 0. The molecule has 1 atom stereocenters. The van der Waals surface area contributed by atoms with Crippen LogP contribution in [-0.2, 0) is 4.79 Å². The summed E-state index contributed by atoms with van der Waals surface area (Å²) in [7, 11) is 0. The second-order valence-corrected chi connectivity index (χ2v) is 6.41. The molecule has 92 valence electrons. The first-order valence-electron chi connectivity index (χ1n) is 6.42. The first-order valence-corrected chi connectivity index (χ1v) is 6.42. The third kappa shape index (κ3) is 2.39. The minimum Gasteiger partial charge on any atom is -0.299 e.